The van der Waals surface area contributed by atoms with Crippen molar-refractivity contribution in [1.82, 2.24) is 25.4 Å². The van der Waals surface area contributed by atoms with Gasteiger partial charge in [0.2, 0.25) is 5.76 Å². The summed E-state index contributed by atoms with van der Waals surface area (Å²) >= 11 is 6.29. The molecule has 1 aromatic carbocycles. The van der Waals surface area contributed by atoms with Gasteiger partial charge in [-0.15, -0.1) is 0 Å². The van der Waals surface area contributed by atoms with Crippen molar-refractivity contribution in [3.8, 4) is 0 Å². The second-order valence-electron chi connectivity index (χ2n) is 7.59. The molecule has 190 valence electrons. The molecular weight excluding hydrogens is 515 g/mol. The van der Waals surface area contributed by atoms with Crippen LogP contribution >= 0.6 is 11.6 Å². The Morgan fingerprint density at radius 1 is 1.03 bits per heavy atom. The number of pyridine rings is 1. The Bertz CT molecular complexity index is 1450. The molecule has 0 aliphatic heterocycles. The first-order valence-corrected chi connectivity index (χ1v) is 10.9. The van der Waals surface area contributed by atoms with E-state index in [9.17, 15) is 22.8 Å². The van der Waals surface area contributed by atoms with Crippen LogP contribution in [0.25, 0.3) is 0 Å². The summed E-state index contributed by atoms with van der Waals surface area (Å²) in [5.74, 6) is -1.51. The molecule has 3 aromatic heterocycles. The Balaban J connectivity index is 1.38. The summed E-state index contributed by atoms with van der Waals surface area (Å²) in [6, 6.07) is 8.02. The molecule has 3 N–H and O–H groups in total. The Kier molecular flexibility index (Phi) is 7.34. The van der Waals surface area contributed by atoms with Crippen LogP contribution < -0.4 is 16.0 Å². The van der Waals surface area contributed by atoms with Crippen LogP contribution in [0.15, 0.2) is 59.6 Å². The van der Waals surface area contributed by atoms with Gasteiger partial charge in [-0.1, -0.05) is 22.8 Å². The second kappa shape index (κ2) is 10.6. The molecule has 0 spiro atoms. The van der Waals surface area contributed by atoms with Gasteiger partial charge in [-0.05, 0) is 36.8 Å². The number of nitrogens with one attached hydrogen (secondary N) is 3. The van der Waals surface area contributed by atoms with Crippen molar-refractivity contribution in [3.63, 3.8) is 0 Å². The Labute approximate surface area is 212 Å². The largest absolute Gasteiger partial charge is 0.416 e. The molecule has 14 heteroatoms. The maximum Gasteiger partial charge on any atom is 0.416 e. The fraction of sp³-hybridized carbons (Fsp3) is 0.130. The number of rotatable bonds is 7. The summed E-state index contributed by atoms with van der Waals surface area (Å²) in [6.45, 7) is 1.17. The van der Waals surface area contributed by atoms with Crippen LogP contribution in [-0.4, -0.2) is 31.9 Å². The van der Waals surface area contributed by atoms with Crippen LogP contribution in [-0.2, 0) is 12.7 Å². The molecule has 3 heterocycles. The smallest absolute Gasteiger partial charge is 0.351 e. The van der Waals surface area contributed by atoms with Crippen LogP contribution in [0.1, 0.15) is 37.9 Å². The van der Waals surface area contributed by atoms with E-state index in [0.717, 1.165) is 12.4 Å². The number of aryl methyl sites for hydroxylation is 1. The van der Waals surface area contributed by atoms with Gasteiger partial charge in [0.05, 0.1) is 12.1 Å². The minimum absolute atomic E-state index is 0.0200. The van der Waals surface area contributed by atoms with Gasteiger partial charge in [-0.2, -0.15) is 13.2 Å². The van der Waals surface area contributed by atoms with Crippen molar-refractivity contribution in [2.75, 3.05) is 10.6 Å². The number of carbonyl (C=O) groups excluding carboxylic acids is 2. The minimum Gasteiger partial charge on any atom is -0.351 e. The number of nitrogens with zero attached hydrogens (tertiary/aromatic N) is 4. The van der Waals surface area contributed by atoms with Gasteiger partial charge in [0, 0.05) is 29.8 Å². The Morgan fingerprint density at radius 3 is 2.51 bits per heavy atom. The van der Waals surface area contributed by atoms with Gasteiger partial charge in [0.1, 0.15) is 17.0 Å². The van der Waals surface area contributed by atoms with Crippen LogP contribution in [0.3, 0.4) is 0 Å². The molecule has 0 fully saturated rings. The number of hydrogen-bond acceptors (Lipinski definition) is 8. The first kappa shape index (κ1) is 25.6. The average molecular weight is 532 g/mol. The number of carbonyl (C=O) groups is 2. The van der Waals surface area contributed by atoms with E-state index in [0.29, 0.717) is 5.69 Å². The van der Waals surface area contributed by atoms with Gasteiger partial charge in [0.15, 0.2) is 11.5 Å². The lowest BCUT2D eigenvalue weighted by atomic mass is 10.1. The van der Waals surface area contributed by atoms with Gasteiger partial charge in [0.25, 0.3) is 11.8 Å². The van der Waals surface area contributed by atoms with E-state index >= 15 is 0 Å². The summed E-state index contributed by atoms with van der Waals surface area (Å²) in [6.07, 6.45) is -0.265. The monoisotopic (exact) mass is 531 g/mol. The molecule has 0 aliphatic rings. The molecule has 10 nitrogen and oxygen atoms in total. The average Bonchev–Trinajstić information content (AvgIpc) is 3.34. The number of anilines is 3. The summed E-state index contributed by atoms with van der Waals surface area (Å²) in [7, 11) is 0. The zero-order chi connectivity index (χ0) is 26.6. The van der Waals surface area contributed by atoms with Gasteiger partial charge in [-0.3, -0.25) is 14.6 Å². The maximum atomic E-state index is 13.1. The zero-order valence-corrected chi connectivity index (χ0v) is 19.7. The molecule has 0 radical (unpaired) electrons. The van der Waals surface area contributed by atoms with Gasteiger partial charge >= 0.3 is 6.18 Å². The van der Waals surface area contributed by atoms with Crippen LogP contribution in [0, 0.1) is 6.92 Å². The highest BCUT2D eigenvalue weighted by Crippen LogP contribution is 2.33. The fourth-order valence-electron chi connectivity index (χ4n) is 3.14. The zero-order valence-electron chi connectivity index (χ0n) is 18.9. The molecular formula is C23H17ClF3N7O3. The molecule has 0 unspecified atom stereocenters. The lowest BCUT2D eigenvalue weighted by Crippen LogP contribution is -2.24. The maximum absolute atomic E-state index is 13.1. The van der Waals surface area contributed by atoms with E-state index < -0.39 is 23.6 Å². The predicted molar refractivity (Wildman–Crippen MR) is 126 cm³/mol. The summed E-state index contributed by atoms with van der Waals surface area (Å²) in [4.78, 5) is 36.9. The lowest BCUT2D eigenvalue weighted by Gasteiger charge is -2.12. The third-order valence-electron chi connectivity index (χ3n) is 4.96. The van der Waals surface area contributed by atoms with Crippen molar-refractivity contribution >= 4 is 40.6 Å². The Morgan fingerprint density at radius 2 is 1.78 bits per heavy atom. The van der Waals surface area contributed by atoms with E-state index in [1.54, 1.807) is 24.5 Å². The fourth-order valence-corrected chi connectivity index (χ4v) is 3.37. The van der Waals surface area contributed by atoms with Gasteiger partial charge in [-0.25, -0.2) is 9.97 Å². The van der Waals surface area contributed by atoms with E-state index in [1.807, 2.05) is 0 Å². The first-order chi connectivity index (χ1) is 17.6. The number of benzene rings is 1. The second-order valence-corrected chi connectivity index (χ2v) is 7.97. The minimum atomic E-state index is -4.56. The van der Waals surface area contributed by atoms with Crippen molar-refractivity contribution in [1.29, 1.82) is 0 Å². The highest BCUT2D eigenvalue weighted by Gasteiger charge is 2.32. The molecule has 37 heavy (non-hydrogen) atoms. The third-order valence-corrected chi connectivity index (χ3v) is 5.32. The predicted octanol–water partition coefficient (Wildman–Crippen LogP) is 4.77. The lowest BCUT2D eigenvalue weighted by molar-refractivity contribution is -0.138. The third kappa shape index (κ3) is 6.19. The molecule has 0 saturated carbocycles. The number of amides is 2. The Hall–Kier alpha value is -4.52. The number of halogens is 4. The van der Waals surface area contributed by atoms with Crippen LogP contribution in [0.5, 0.6) is 0 Å². The van der Waals surface area contributed by atoms with E-state index in [4.69, 9.17) is 16.1 Å². The molecule has 0 atom stereocenters. The molecule has 0 bridgehead atoms. The molecule has 4 aromatic rings. The van der Waals surface area contributed by atoms with Gasteiger partial charge < -0.3 is 20.5 Å². The van der Waals surface area contributed by atoms with Crippen molar-refractivity contribution in [2.45, 2.75) is 19.6 Å². The number of hydrogen-bond donors (Lipinski definition) is 3. The number of alkyl halides is 3. The topological polar surface area (TPSA) is 135 Å². The highest BCUT2D eigenvalue weighted by molar-refractivity contribution is 6.35. The van der Waals surface area contributed by atoms with Crippen molar-refractivity contribution in [2.24, 2.45) is 0 Å². The van der Waals surface area contributed by atoms with E-state index in [2.05, 4.69) is 36.1 Å². The molecule has 0 saturated heterocycles. The SMILES string of the molecule is Cc1ccc(NC(=O)c2cc(CNC(=O)c3ncnc(Nc4ccncc4)c3Cl)no2)cc1C(F)(F)F. The first-order valence-electron chi connectivity index (χ1n) is 10.5. The van der Waals surface area contributed by atoms with Crippen molar-refractivity contribution in [3.05, 3.63) is 88.4 Å². The number of aromatic nitrogens is 4. The molecule has 4 rings (SSSR count). The summed E-state index contributed by atoms with van der Waals surface area (Å²) < 4.78 is 44.3. The molecule has 0 aliphatic carbocycles. The quantitative estimate of drug-likeness (QED) is 0.310. The van der Waals surface area contributed by atoms with E-state index in [1.165, 1.54) is 25.1 Å². The highest BCUT2D eigenvalue weighted by atomic mass is 35.5. The normalized spacial score (nSPS) is 11.2. The standard InChI is InChI=1S/C23H17ClF3N7O3/c1-12-2-3-14(8-16(12)23(25,26)27)33-21(35)17-9-15(34-37-17)10-29-22(36)19-18(24)20(31-11-30-19)32-13-4-6-28-7-5-13/h2-9,11H,10H2,1H3,(H,29,36)(H,33,35)(H,28,30,31,32). The molecule has 2 amide bonds. The summed E-state index contributed by atoms with van der Waals surface area (Å²) in [5.41, 5.74) is -0.186. The van der Waals surface area contributed by atoms with Crippen LogP contribution in [0.2, 0.25) is 5.02 Å². The van der Waals surface area contributed by atoms with Crippen molar-refractivity contribution < 1.29 is 27.3 Å². The van der Waals surface area contributed by atoms with E-state index in [-0.39, 0.29) is 45.8 Å². The summed E-state index contributed by atoms with van der Waals surface area (Å²) in [5, 5.41) is 11.5. The van der Waals surface area contributed by atoms with Crippen LogP contribution in [0.4, 0.5) is 30.4 Å².